The zero-order valence-corrected chi connectivity index (χ0v) is 7.26. The quantitative estimate of drug-likeness (QED) is 0.500. The summed E-state index contributed by atoms with van der Waals surface area (Å²) < 4.78 is 0. The summed E-state index contributed by atoms with van der Waals surface area (Å²) in [6.07, 6.45) is 2.86. The molecule has 1 aromatic heterocycles. The highest BCUT2D eigenvalue weighted by Gasteiger charge is 1.88. The fourth-order valence-corrected chi connectivity index (χ4v) is 0.484. The number of halogens is 1. The van der Waals surface area contributed by atoms with Gasteiger partial charge in [0.25, 0.3) is 0 Å². The second-order valence-corrected chi connectivity index (χ2v) is 1.76. The van der Waals surface area contributed by atoms with Crippen molar-refractivity contribution < 1.29 is 0 Å². The molecule has 0 saturated heterocycles. The van der Waals surface area contributed by atoms with Gasteiger partial charge in [-0.25, -0.2) is 15.8 Å². The molecule has 0 saturated carbocycles. The summed E-state index contributed by atoms with van der Waals surface area (Å²) in [6, 6.07) is 0. The third kappa shape index (κ3) is 3.75. The lowest BCUT2D eigenvalue weighted by atomic mass is 10.7. The predicted octanol–water partition coefficient (Wildman–Crippen LogP) is 1.44. The molecule has 0 aliphatic carbocycles. The Bertz CT molecular complexity index is 186. The van der Waals surface area contributed by atoms with Crippen LogP contribution in [0.4, 0.5) is 5.82 Å². The van der Waals surface area contributed by atoms with E-state index in [1.54, 1.807) is 0 Å². The molecule has 0 spiro atoms. The van der Waals surface area contributed by atoms with Gasteiger partial charge in [0.15, 0.2) is 5.82 Å². The van der Waals surface area contributed by atoms with Gasteiger partial charge < -0.3 is 5.43 Å². The maximum Gasteiger partial charge on any atom is 0.158 e. The van der Waals surface area contributed by atoms with E-state index in [9.17, 15) is 0 Å². The van der Waals surface area contributed by atoms with Crippen molar-refractivity contribution in [3.8, 4) is 0 Å². The Balaban J connectivity index is 0.000000461. The maximum atomic E-state index is 5.43. The van der Waals surface area contributed by atoms with Crippen molar-refractivity contribution >= 4 is 17.4 Å². The molecule has 0 aliphatic heterocycles. The van der Waals surface area contributed by atoms with E-state index in [1.165, 1.54) is 12.4 Å². The second kappa shape index (κ2) is 5.88. The van der Waals surface area contributed by atoms with E-state index in [-0.39, 0.29) is 0 Å². The highest BCUT2D eigenvalue weighted by Crippen LogP contribution is 2.02. The molecule has 0 aliphatic rings. The second-order valence-electron chi connectivity index (χ2n) is 1.37. The molecule has 0 radical (unpaired) electrons. The van der Waals surface area contributed by atoms with E-state index < -0.39 is 0 Å². The number of hydrogen-bond acceptors (Lipinski definition) is 4. The third-order valence-corrected chi connectivity index (χ3v) is 0.963. The Morgan fingerprint density at radius 2 is 2.00 bits per heavy atom. The van der Waals surface area contributed by atoms with Gasteiger partial charge in [-0.15, -0.1) is 0 Å². The molecule has 5 heteroatoms. The van der Waals surface area contributed by atoms with E-state index in [0.717, 1.165) is 0 Å². The summed E-state index contributed by atoms with van der Waals surface area (Å²) in [5.74, 6) is 5.50. The van der Waals surface area contributed by atoms with Gasteiger partial charge in [-0.05, 0) is 0 Å². The van der Waals surface area contributed by atoms with Gasteiger partial charge in [0.05, 0.1) is 12.4 Å². The van der Waals surface area contributed by atoms with Gasteiger partial charge in [-0.2, -0.15) is 0 Å². The van der Waals surface area contributed by atoms with Crippen LogP contribution in [0.2, 0.25) is 5.15 Å². The van der Waals surface area contributed by atoms with E-state index in [2.05, 4.69) is 15.4 Å². The first-order valence-electron chi connectivity index (χ1n) is 3.27. The van der Waals surface area contributed by atoms with Crippen molar-refractivity contribution in [2.45, 2.75) is 13.8 Å². The average molecular weight is 175 g/mol. The van der Waals surface area contributed by atoms with Crippen LogP contribution < -0.4 is 11.3 Å². The first kappa shape index (κ1) is 10.1. The molecule has 11 heavy (non-hydrogen) atoms. The van der Waals surface area contributed by atoms with E-state index >= 15 is 0 Å². The van der Waals surface area contributed by atoms with Crippen molar-refractivity contribution in [3.05, 3.63) is 17.5 Å². The third-order valence-electron chi connectivity index (χ3n) is 0.768. The van der Waals surface area contributed by atoms with Crippen LogP contribution >= 0.6 is 11.6 Å². The molecular formula is C6H11ClN4. The zero-order chi connectivity index (χ0) is 8.69. The molecule has 0 atom stereocenters. The minimum absolute atomic E-state index is 0.356. The van der Waals surface area contributed by atoms with Crippen LogP contribution in [0.1, 0.15) is 13.8 Å². The largest absolute Gasteiger partial charge is 0.307 e. The molecule has 0 unspecified atom stereocenters. The molecule has 62 valence electrons. The molecule has 4 nitrogen and oxygen atoms in total. The molecule has 0 amide bonds. The SMILES string of the molecule is CC.NNc1cnc(Cl)cn1. The number of nitrogens with one attached hydrogen (secondary N) is 1. The molecule has 1 heterocycles. The number of hydrogen-bond donors (Lipinski definition) is 2. The first-order chi connectivity index (χ1) is 5.33. The smallest absolute Gasteiger partial charge is 0.158 e. The van der Waals surface area contributed by atoms with Gasteiger partial charge >= 0.3 is 0 Å². The van der Waals surface area contributed by atoms with Gasteiger partial charge in [-0.1, -0.05) is 25.4 Å². The Hall–Kier alpha value is -0.870. The number of nitrogens with two attached hydrogens (primary N) is 1. The minimum atomic E-state index is 0.356. The molecule has 1 rings (SSSR count). The summed E-state index contributed by atoms with van der Waals surface area (Å²) >= 11 is 5.43. The lowest BCUT2D eigenvalue weighted by Crippen LogP contribution is -2.08. The Kier molecular flexibility index (Phi) is 5.42. The van der Waals surface area contributed by atoms with Crippen molar-refractivity contribution in [3.63, 3.8) is 0 Å². The molecule has 0 bridgehead atoms. The summed E-state index contributed by atoms with van der Waals surface area (Å²) in [5, 5.41) is 0.356. The summed E-state index contributed by atoms with van der Waals surface area (Å²) in [4.78, 5) is 7.48. The normalized spacial score (nSPS) is 8.00. The van der Waals surface area contributed by atoms with E-state index in [0.29, 0.717) is 11.0 Å². The van der Waals surface area contributed by atoms with Crippen LogP contribution in [0.5, 0.6) is 0 Å². The molecule has 0 fully saturated rings. The molecule has 3 N–H and O–H groups in total. The van der Waals surface area contributed by atoms with E-state index in [1.807, 2.05) is 13.8 Å². The van der Waals surface area contributed by atoms with Crippen molar-refractivity contribution in [2.75, 3.05) is 5.43 Å². The summed E-state index contributed by atoms with van der Waals surface area (Å²) in [5.41, 5.74) is 2.32. The van der Waals surface area contributed by atoms with Gasteiger partial charge in [0.2, 0.25) is 0 Å². The fourth-order valence-electron chi connectivity index (χ4n) is 0.387. The Labute approximate surface area is 70.8 Å². The van der Waals surface area contributed by atoms with Crippen molar-refractivity contribution in [1.29, 1.82) is 0 Å². The van der Waals surface area contributed by atoms with Gasteiger partial charge in [0, 0.05) is 0 Å². The van der Waals surface area contributed by atoms with Crippen LogP contribution in [0.3, 0.4) is 0 Å². The van der Waals surface area contributed by atoms with Gasteiger partial charge in [0.1, 0.15) is 5.15 Å². The van der Waals surface area contributed by atoms with E-state index in [4.69, 9.17) is 17.4 Å². The summed E-state index contributed by atoms with van der Waals surface area (Å²) in [7, 11) is 0. The standard InChI is InChI=1S/C4H5ClN4.C2H6/c5-3-1-8-4(9-6)2-7-3;1-2/h1-2H,6H2,(H,8,9);1-2H3. The Morgan fingerprint density at radius 1 is 1.36 bits per heavy atom. The summed E-state index contributed by atoms with van der Waals surface area (Å²) in [6.45, 7) is 4.00. The predicted molar refractivity (Wildman–Crippen MR) is 46.2 cm³/mol. The number of anilines is 1. The first-order valence-corrected chi connectivity index (χ1v) is 3.65. The van der Waals surface area contributed by atoms with Crippen LogP contribution in [-0.2, 0) is 0 Å². The van der Waals surface area contributed by atoms with Gasteiger partial charge in [-0.3, -0.25) is 0 Å². The number of hydrazine groups is 1. The fraction of sp³-hybridized carbons (Fsp3) is 0.333. The van der Waals surface area contributed by atoms with Crippen LogP contribution in [0, 0.1) is 0 Å². The highest BCUT2D eigenvalue weighted by atomic mass is 35.5. The monoisotopic (exact) mass is 174 g/mol. The van der Waals surface area contributed by atoms with Crippen LogP contribution in [0.15, 0.2) is 12.4 Å². The Morgan fingerprint density at radius 3 is 2.36 bits per heavy atom. The average Bonchev–Trinajstić information content (AvgIpc) is 2.10. The van der Waals surface area contributed by atoms with Crippen LogP contribution in [0.25, 0.3) is 0 Å². The number of aromatic nitrogens is 2. The molecule has 0 aromatic carbocycles. The topological polar surface area (TPSA) is 63.8 Å². The number of rotatable bonds is 1. The molecular weight excluding hydrogens is 164 g/mol. The zero-order valence-electron chi connectivity index (χ0n) is 6.50. The molecule has 1 aromatic rings. The van der Waals surface area contributed by atoms with Crippen molar-refractivity contribution in [2.24, 2.45) is 5.84 Å². The van der Waals surface area contributed by atoms with Crippen molar-refractivity contribution in [1.82, 2.24) is 9.97 Å². The highest BCUT2D eigenvalue weighted by molar-refractivity contribution is 6.29. The number of nitrogen functional groups attached to an aromatic ring is 1. The van der Waals surface area contributed by atoms with Crippen LogP contribution in [-0.4, -0.2) is 9.97 Å². The minimum Gasteiger partial charge on any atom is -0.307 e. The maximum absolute atomic E-state index is 5.43. The lowest BCUT2D eigenvalue weighted by Gasteiger charge is -1.94. The lowest BCUT2D eigenvalue weighted by molar-refractivity contribution is 1.16. The number of nitrogens with zero attached hydrogens (tertiary/aromatic N) is 2.